The van der Waals surface area contributed by atoms with Gasteiger partial charge in [-0.15, -0.1) is 0 Å². The van der Waals surface area contributed by atoms with Crippen molar-refractivity contribution in [3.8, 4) is 0 Å². The van der Waals surface area contributed by atoms with Crippen LogP contribution in [0.2, 0.25) is 0 Å². The third-order valence-electron chi connectivity index (χ3n) is 4.40. The van der Waals surface area contributed by atoms with Gasteiger partial charge in [0.2, 0.25) is 10.0 Å². The van der Waals surface area contributed by atoms with Crippen molar-refractivity contribution in [1.29, 1.82) is 0 Å². The van der Waals surface area contributed by atoms with Crippen LogP contribution in [0, 0.1) is 5.82 Å². The molecule has 0 unspecified atom stereocenters. The number of nitrogens with zero attached hydrogens (tertiary/aromatic N) is 2. The van der Waals surface area contributed by atoms with Gasteiger partial charge in [0, 0.05) is 30.2 Å². The zero-order valence-corrected chi connectivity index (χ0v) is 16.3. The van der Waals surface area contributed by atoms with E-state index < -0.39 is 26.6 Å². The van der Waals surface area contributed by atoms with E-state index in [1.165, 1.54) is 6.07 Å². The number of anilines is 1. The quantitative estimate of drug-likeness (QED) is 0.684. The number of pyridine rings is 1. The van der Waals surface area contributed by atoms with E-state index in [1.54, 1.807) is 38.2 Å². The van der Waals surface area contributed by atoms with Crippen LogP contribution in [0.1, 0.15) is 24.2 Å². The monoisotopic (exact) mass is 401 g/mol. The molecule has 0 radical (unpaired) electrons. The van der Waals surface area contributed by atoms with Crippen LogP contribution in [0.3, 0.4) is 0 Å². The Morgan fingerprint density at radius 3 is 2.54 bits per heavy atom. The van der Waals surface area contributed by atoms with Crippen molar-refractivity contribution in [2.24, 2.45) is 0 Å². The Hall–Kier alpha value is -2.84. The van der Waals surface area contributed by atoms with E-state index in [4.69, 9.17) is 0 Å². The summed E-state index contributed by atoms with van der Waals surface area (Å²) in [5, 5.41) is 3.58. The molecule has 28 heavy (non-hydrogen) atoms. The number of amides is 1. The predicted molar refractivity (Wildman–Crippen MR) is 106 cm³/mol. The molecule has 1 N–H and O–H groups in total. The van der Waals surface area contributed by atoms with Gasteiger partial charge in [0.05, 0.1) is 11.2 Å². The average Bonchev–Trinajstić information content (AvgIpc) is 2.69. The third-order valence-corrected chi connectivity index (χ3v) is 6.46. The van der Waals surface area contributed by atoms with Gasteiger partial charge in [-0.3, -0.25) is 9.78 Å². The highest BCUT2D eigenvalue weighted by Crippen LogP contribution is 2.24. The summed E-state index contributed by atoms with van der Waals surface area (Å²) in [6.07, 6.45) is 1.62. The van der Waals surface area contributed by atoms with Gasteiger partial charge >= 0.3 is 0 Å². The van der Waals surface area contributed by atoms with Gasteiger partial charge in [0.1, 0.15) is 10.7 Å². The van der Waals surface area contributed by atoms with Crippen LogP contribution < -0.4 is 5.32 Å². The fourth-order valence-electron chi connectivity index (χ4n) is 2.94. The first kappa shape index (κ1) is 19.9. The van der Waals surface area contributed by atoms with Gasteiger partial charge in [-0.25, -0.2) is 12.8 Å². The smallest absolute Gasteiger partial charge is 0.255 e. The molecule has 0 saturated carbocycles. The highest BCUT2D eigenvalue weighted by Gasteiger charge is 2.26. The van der Waals surface area contributed by atoms with E-state index in [2.05, 4.69) is 10.3 Å². The fourth-order valence-corrected chi connectivity index (χ4v) is 4.49. The first-order valence-electron chi connectivity index (χ1n) is 8.83. The molecule has 0 saturated heterocycles. The number of carbonyl (C=O) groups is 1. The van der Waals surface area contributed by atoms with Crippen molar-refractivity contribution in [1.82, 2.24) is 9.29 Å². The van der Waals surface area contributed by atoms with Crippen molar-refractivity contribution in [2.45, 2.75) is 18.7 Å². The van der Waals surface area contributed by atoms with Gasteiger partial charge in [-0.05, 0) is 30.3 Å². The molecule has 0 aliphatic heterocycles. The van der Waals surface area contributed by atoms with Gasteiger partial charge in [-0.2, -0.15) is 4.31 Å². The van der Waals surface area contributed by atoms with E-state index in [-0.39, 0.29) is 18.7 Å². The molecule has 2 aromatic carbocycles. The van der Waals surface area contributed by atoms with Crippen molar-refractivity contribution < 1.29 is 17.6 Å². The Labute approximate surface area is 163 Å². The molecule has 0 atom stereocenters. The van der Waals surface area contributed by atoms with E-state index >= 15 is 0 Å². The van der Waals surface area contributed by atoms with E-state index in [1.807, 2.05) is 12.1 Å². The van der Waals surface area contributed by atoms with Crippen molar-refractivity contribution >= 4 is 32.5 Å². The second kappa shape index (κ2) is 8.04. The number of nitrogens with one attached hydrogen (secondary N) is 1. The molecular formula is C20H20FN3O3S. The van der Waals surface area contributed by atoms with Gasteiger partial charge in [0.25, 0.3) is 5.91 Å². The number of carbonyl (C=O) groups excluding carboxylic acids is 1. The van der Waals surface area contributed by atoms with Crippen LogP contribution in [0.4, 0.5) is 10.1 Å². The zero-order valence-electron chi connectivity index (χ0n) is 15.5. The summed E-state index contributed by atoms with van der Waals surface area (Å²) in [4.78, 5) is 16.4. The number of hydrogen-bond donors (Lipinski definition) is 1. The lowest BCUT2D eigenvalue weighted by molar-refractivity contribution is 0.102. The molecule has 0 aliphatic rings. The maximum atomic E-state index is 14.2. The SMILES string of the molecule is CCN(CC)S(=O)(=O)c1cc(C(=O)Nc2cccc3cccnc23)ccc1F. The Morgan fingerprint density at radius 1 is 1.11 bits per heavy atom. The second-order valence-electron chi connectivity index (χ2n) is 6.07. The molecule has 1 aromatic heterocycles. The maximum absolute atomic E-state index is 14.2. The summed E-state index contributed by atoms with van der Waals surface area (Å²) in [5.74, 6) is -1.44. The Balaban J connectivity index is 1.97. The minimum Gasteiger partial charge on any atom is -0.320 e. The summed E-state index contributed by atoms with van der Waals surface area (Å²) in [6.45, 7) is 3.75. The van der Waals surface area contributed by atoms with E-state index in [0.29, 0.717) is 11.2 Å². The molecular weight excluding hydrogens is 381 g/mol. The summed E-state index contributed by atoms with van der Waals surface area (Å²) in [6, 6.07) is 12.3. The first-order chi connectivity index (χ1) is 13.4. The van der Waals surface area contributed by atoms with Crippen molar-refractivity contribution in [3.05, 3.63) is 66.1 Å². The number of fused-ring (bicyclic) bond motifs is 1. The van der Waals surface area contributed by atoms with Crippen LogP contribution in [0.5, 0.6) is 0 Å². The Bertz CT molecular complexity index is 1120. The molecule has 1 heterocycles. The van der Waals surface area contributed by atoms with Crippen LogP contribution in [-0.2, 0) is 10.0 Å². The highest BCUT2D eigenvalue weighted by molar-refractivity contribution is 7.89. The largest absolute Gasteiger partial charge is 0.320 e. The summed E-state index contributed by atoms with van der Waals surface area (Å²) in [5.41, 5.74) is 1.14. The molecule has 3 aromatic rings. The number of benzene rings is 2. The Morgan fingerprint density at radius 2 is 1.82 bits per heavy atom. The first-order valence-corrected chi connectivity index (χ1v) is 10.3. The van der Waals surface area contributed by atoms with Crippen LogP contribution >= 0.6 is 0 Å². The minimum absolute atomic E-state index is 0.0417. The number of hydrogen-bond acceptors (Lipinski definition) is 4. The molecule has 0 fully saturated rings. The lowest BCUT2D eigenvalue weighted by Crippen LogP contribution is -2.31. The molecule has 1 amide bonds. The second-order valence-corrected chi connectivity index (χ2v) is 7.98. The van der Waals surface area contributed by atoms with Crippen LogP contribution in [0.25, 0.3) is 10.9 Å². The normalized spacial score (nSPS) is 11.7. The molecule has 0 spiro atoms. The van der Waals surface area contributed by atoms with Crippen LogP contribution in [0.15, 0.2) is 59.6 Å². The number of sulfonamides is 1. The van der Waals surface area contributed by atoms with E-state index in [9.17, 15) is 17.6 Å². The predicted octanol–water partition coefficient (Wildman–Crippen LogP) is 3.66. The van der Waals surface area contributed by atoms with Gasteiger partial charge in [-0.1, -0.05) is 32.0 Å². The van der Waals surface area contributed by atoms with Gasteiger partial charge < -0.3 is 5.32 Å². The molecule has 146 valence electrons. The highest BCUT2D eigenvalue weighted by atomic mass is 32.2. The topological polar surface area (TPSA) is 79.4 Å². The third kappa shape index (κ3) is 3.74. The summed E-state index contributed by atoms with van der Waals surface area (Å²) < 4.78 is 40.7. The molecule has 8 heteroatoms. The Kier molecular flexibility index (Phi) is 5.71. The van der Waals surface area contributed by atoms with Crippen molar-refractivity contribution in [3.63, 3.8) is 0 Å². The molecule has 0 aliphatic carbocycles. The minimum atomic E-state index is -4.03. The zero-order chi connectivity index (χ0) is 20.3. The number of rotatable bonds is 6. The van der Waals surface area contributed by atoms with E-state index in [0.717, 1.165) is 21.8 Å². The molecule has 0 bridgehead atoms. The van der Waals surface area contributed by atoms with Gasteiger partial charge in [0.15, 0.2) is 0 Å². The van der Waals surface area contributed by atoms with Crippen LogP contribution in [-0.4, -0.2) is 36.7 Å². The molecule has 3 rings (SSSR count). The number of halogens is 1. The lowest BCUT2D eigenvalue weighted by atomic mass is 10.1. The maximum Gasteiger partial charge on any atom is 0.255 e. The summed E-state index contributed by atoms with van der Waals surface area (Å²) >= 11 is 0. The fraction of sp³-hybridized carbons (Fsp3) is 0.200. The molecule has 6 nitrogen and oxygen atoms in total. The summed E-state index contributed by atoms with van der Waals surface area (Å²) in [7, 11) is -4.03. The lowest BCUT2D eigenvalue weighted by Gasteiger charge is -2.19. The number of para-hydroxylation sites is 1. The standard InChI is InChI=1S/C20H20FN3O3S/c1-3-24(4-2)28(26,27)18-13-15(10-11-16(18)21)20(25)23-17-9-5-7-14-8-6-12-22-19(14)17/h5-13H,3-4H2,1-2H3,(H,23,25). The van der Waals surface area contributed by atoms with Crippen molar-refractivity contribution in [2.75, 3.05) is 18.4 Å². The average molecular weight is 401 g/mol. The number of aromatic nitrogens is 1.